The molecule has 0 unspecified atom stereocenters. The van der Waals surface area contributed by atoms with Gasteiger partial charge >= 0.3 is 11.9 Å². The van der Waals surface area contributed by atoms with Crippen molar-refractivity contribution >= 4 is 59.2 Å². The molecule has 0 aliphatic carbocycles. The molecule has 23 nitrogen and oxygen atoms in total. The second-order valence-electron chi connectivity index (χ2n) is 18.6. The lowest BCUT2D eigenvalue weighted by Crippen LogP contribution is -2.47. The van der Waals surface area contributed by atoms with Gasteiger partial charge in [0.15, 0.2) is 5.96 Å². The van der Waals surface area contributed by atoms with Gasteiger partial charge in [0, 0.05) is 87.4 Å². The lowest BCUT2D eigenvalue weighted by atomic mass is 9.98. The first-order valence-electron chi connectivity index (χ1n) is 24.3. The number of nitrogens with zero attached hydrogens (tertiary/aromatic N) is 2. The minimum absolute atomic E-state index is 0.0593. The number of benzene rings is 1. The molecule has 2 aromatic rings. The molecule has 0 fully saturated rings. The standard InChI is InChI=1S/C49H76N12O11/c1-29(2)20-36(59-44(66)25-34(15-11-19-53-49(51)52)57-42(64)23-32(5)56-47(70)38-16-9-17-39(61-38)48(71)72)26-45(67)60-37(24-33-12-7-6-8-13-33)27-43(65)55-30(3)21-40(62)54-31(4)22-41(63)58-35(14-10-18-50)28-46(68)69/h6-9,12-13,16-17,29-32,34-37H,10-11,14-15,18-28,50H2,1-5H3,(H,54,62)(H,55,65)(H,56,70)(H,57,64)(H,58,63)(H,59,66)(H,60,67)(H,68,69)(H,71,72)(H4,51,52,53)/t30-,31-,32-,34-,35-,36+,37-/m0/s1. The number of pyridine rings is 1. The molecule has 0 aliphatic rings. The minimum atomic E-state index is -1.30. The van der Waals surface area contributed by atoms with Gasteiger partial charge < -0.3 is 64.6 Å². The van der Waals surface area contributed by atoms with Crippen LogP contribution in [0.1, 0.15) is 138 Å². The Bertz CT molecular complexity index is 2140. The molecule has 1 heterocycles. The van der Waals surface area contributed by atoms with Gasteiger partial charge in [-0.2, -0.15) is 0 Å². The van der Waals surface area contributed by atoms with Crippen molar-refractivity contribution in [2.75, 3.05) is 13.1 Å². The lowest BCUT2D eigenvalue weighted by molar-refractivity contribution is -0.138. The predicted octanol–water partition coefficient (Wildman–Crippen LogP) is 0.743. The first-order chi connectivity index (χ1) is 34.0. The van der Waals surface area contributed by atoms with Gasteiger partial charge in [-0.05, 0) is 89.5 Å². The number of aliphatic imine (C=N–C) groups is 1. The molecule has 72 heavy (non-hydrogen) atoms. The number of hydrogen-bond donors (Lipinski definition) is 12. The molecule has 0 spiro atoms. The number of carboxylic acids is 2. The van der Waals surface area contributed by atoms with E-state index in [1.807, 2.05) is 44.2 Å². The number of aromatic carboxylic acids is 1. The SMILES string of the molecule is CC(C)C[C@H](CC(=O)N[C@H](CC(=O)N[C@@H](C)CC(=O)N[C@@H](C)CC(=O)N[C@@H](CCCN)CC(=O)O)Cc1ccccc1)NC(=O)C[C@H](CCCN=C(N)N)NC(=O)C[C@H](C)NC(=O)c1cccc(C(=O)O)n1. The molecular formula is C49H76N12O11. The quantitative estimate of drug-likeness (QED) is 0.0261. The number of hydrogen-bond acceptors (Lipinski definition) is 12. The van der Waals surface area contributed by atoms with Crippen molar-refractivity contribution in [2.45, 2.75) is 160 Å². The summed E-state index contributed by atoms with van der Waals surface area (Å²) < 4.78 is 0. The number of aliphatic carboxylic acids is 1. The molecule has 7 amide bonds. The van der Waals surface area contributed by atoms with E-state index in [9.17, 15) is 53.4 Å². The van der Waals surface area contributed by atoms with E-state index in [0.29, 0.717) is 45.1 Å². The van der Waals surface area contributed by atoms with Gasteiger partial charge in [-0.15, -0.1) is 0 Å². The Kier molecular flexibility index (Phi) is 27.7. The third-order valence-corrected chi connectivity index (χ3v) is 10.9. The molecule has 2 rings (SSSR count). The smallest absolute Gasteiger partial charge is 0.354 e. The summed E-state index contributed by atoms with van der Waals surface area (Å²) in [7, 11) is 0. The molecule has 15 N–H and O–H groups in total. The molecule has 0 saturated carbocycles. The van der Waals surface area contributed by atoms with Crippen molar-refractivity contribution in [3.63, 3.8) is 0 Å². The van der Waals surface area contributed by atoms with E-state index in [0.717, 1.165) is 5.56 Å². The molecule has 23 heteroatoms. The van der Waals surface area contributed by atoms with Crippen LogP contribution in [0, 0.1) is 5.92 Å². The summed E-state index contributed by atoms with van der Waals surface area (Å²) in [5.74, 6) is -5.69. The molecule has 0 radical (unpaired) electrons. The van der Waals surface area contributed by atoms with Gasteiger partial charge in [0.2, 0.25) is 35.4 Å². The van der Waals surface area contributed by atoms with Gasteiger partial charge in [-0.1, -0.05) is 50.2 Å². The Labute approximate surface area is 420 Å². The van der Waals surface area contributed by atoms with Crippen LogP contribution in [0.25, 0.3) is 0 Å². The highest BCUT2D eigenvalue weighted by atomic mass is 16.4. The summed E-state index contributed by atoms with van der Waals surface area (Å²) >= 11 is 0. The molecule has 0 aliphatic heterocycles. The van der Waals surface area contributed by atoms with Crippen molar-refractivity contribution in [3.05, 3.63) is 65.5 Å². The maximum Gasteiger partial charge on any atom is 0.354 e. The fraction of sp³-hybridized carbons (Fsp3) is 0.571. The normalized spacial score (nSPS) is 13.9. The second-order valence-corrected chi connectivity index (χ2v) is 18.6. The minimum Gasteiger partial charge on any atom is -0.481 e. The fourth-order valence-electron chi connectivity index (χ4n) is 7.86. The van der Waals surface area contributed by atoms with E-state index in [1.54, 1.807) is 20.8 Å². The zero-order chi connectivity index (χ0) is 53.8. The fourth-order valence-corrected chi connectivity index (χ4v) is 7.86. The third kappa shape index (κ3) is 27.3. The van der Waals surface area contributed by atoms with Crippen molar-refractivity contribution in [2.24, 2.45) is 28.1 Å². The monoisotopic (exact) mass is 1010 g/mol. The number of aromatic nitrogens is 1. The Morgan fingerprint density at radius 1 is 0.542 bits per heavy atom. The molecule has 7 atom stereocenters. The average molecular weight is 1010 g/mol. The van der Waals surface area contributed by atoms with Crippen LogP contribution >= 0.6 is 0 Å². The van der Waals surface area contributed by atoms with Crippen LogP contribution < -0.4 is 54.4 Å². The molecule has 1 aromatic heterocycles. The van der Waals surface area contributed by atoms with Crippen LogP contribution in [0.3, 0.4) is 0 Å². The summed E-state index contributed by atoms with van der Waals surface area (Å²) in [6.07, 6.45) is 1.32. The maximum absolute atomic E-state index is 13.8. The van der Waals surface area contributed by atoms with Gasteiger partial charge in [0.1, 0.15) is 11.4 Å². The number of amides is 7. The number of rotatable bonds is 34. The second kappa shape index (κ2) is 32.7. The Morgan fingerprint density at radius 2 is 1.00 bits per heavy atom. The van der Waals surface area contributed by atoms with Gasteiger partial charge in [0.25, 0.3) is 5.91 Å². The van der Waals surface area contributed by atoms with Crippen LogP contribution in [0.5, 0.6) is 0 Å². The van der Waals surface area contributed by atoms with Crippen LogP contribution in [0.15, 0.2) is 53.5 Å². The lowest BCUT2D eigenvalue weighted by Gasteiger charge is -2.25. The molecule has 0 bridgehead atoms. The van der Waals surface area contributed by atoms with Gasteiger partial charge in [-0.3, -0.25) is 43.3 Å². The van der Waals surface area contributed by atoms with Crippen molar-refractivity contribution < 1.29 is 53.4 Å². The third-order valence-electron chi connectivity index (χ3n) is 10.9. The molecule has 398 valence electrons. The van der Waals surface area contributed by atoms with E-state index >= 15 is 0 Å². The molecule has 1 aromatic carbocycles. The topological polar surface area (TPSA) is 382 Å². The van der Waals surface area contributed by atoms with Crippen LogP contribution in [-0.2, 0) is 40.0 Å². The summed E-state index contributed by atoms with van der Waals surface area (Å²) in [6, 6.07) is 8.73. The van der Waals surface area contributed by atoms with Crippen molar-refractivity contribution in [3.8, 4) is 0 Å². The number of nitrogens with two attached hydrogens (primary N) is 3. The zero-order valence-corrected chi connectivity index (χ0v) is 42.0. The summed E-state index contributed by atoms with van der Waals surface area (Å²) in [6.45, 7) is 9.34. The summed E-state index contributed by atoms with van der Waals surface area (Å²) in [4.78, 5) is 123. The summed E-state index contributed by atoms with van der Waals surface area (Å²) in [5, 5.41) is 38.1. The number of carbonyl (C=O) groups is 9. The first kappa shape index (κ1) is 61.0. The number of carbonyl (C=O) groups excluding carboxylic acids is 7. The number of guanidine groups is 1. The highest BCUT2D eigenvalue weighted by Gasteiger charge is 2.26. The van der Waals surface area contributed by atoms with Gasteiger partial charge in [-0.25, -0.2) is 9.78 Å². The van der Waals surface area contributed by atoms with Crippen LogP contribution in [-0.4, -0.2) is 130 Å². The van der Waals surface area contributed by atoms with Gasteiger partial charge in [0.05, 0.1) is 6.42 Å². The zero-order valence-electron chi connectivity index (χ0n) is 42.0. The highest BCUT2D eigenvalue weighted by Crippen LogP contribution is 2.13. The first-order valence-corrected chi connectivity index (χ1v) is 24.3. The van der Waals surface area contributed by atoms with Crippen molar-refractivity contribution in [1.29, 1.82) is 0 Å². The number of nitrogens with one attached hydrogen (secondary N) is 7. The van der Waals surface area contributed by atoms with E-state index in [4.69, 9.17) is 17.2 Å². The van der Waals surface area contributed by atoms with E-state index < -0.39 is 95.6 Å². The maximum atomic E-state index is 13.8. The largest absolute Gasteiger partial charge is 0.481 e. The average Bonchev–Trinajstić information content (AvgIpc) is 3.26. The van der Waals surface area contributed by atoms with Crippen LogP contribution in [0.4, 0.5) is 0 Å². The van der Waals surface area contributed by atoms with Crippen LogP contribution in [0.2, 0.25) is 0 Å². The Hall–Kier alpha value is -7.17. The molecular weight excluding hydrogens is 933 g/mol. The Morgan fingerprint density at radius 3 is 1.54 bits per heavy atom. The van der Waals surface area contributed by atoms with Crippen molar-refractivity contribution in [1.82, 2.24) is 42.2 Å². The number of carboxylic acid groups (broad SMARTS) is 2. The molecule has 0 saturated heterocycles. The highest BCUT2D eigenvalue weighted by molar-refractivity contribution is 5.94. The Balaban J connectivity index is 2.07. The van der Waals surface area contributed by atoms with E-state index in [1.165, 1.54) is 18.2 Å². The summed E-state index contributed by atoms with van der Waals surface area (Å²) in [5.41, 5.74) is 16.9. The van der Waals surface area contributed by atoms with E-state index in [-0.39, 0.29) is 74.8 Å². The predicted molar refractivity (Wildman–Crippen MR) is 269 cm³/mol. The van der Waals surface area contributed by atoms with E-state index in [2.05, 4.69) is 47.2 Å².